The minimum absolute atomic E-state index is 0.241. The third-order valence-electron chi connectivity index (χ3n) is 4.36. The number of thiazole rings is 1. The van der Waals surface area contributed by atoms with Gasteiger partial charge in [-0.1, -0.05) is 32.9 Å². The summed E-state index contributed by atoms with van der Waals surface area (Å²) in [4.78, 5) is 4.66. The van der Waals surface area contributed by atoms with Crippen molar-refractivity contribution in [3.8, 4) is 0 Å². The Kier molecular flexibility index (Phi) is 2.95. The van der Waals surface area contributed by atoms with Crippen molar-refractivity contribution in [1.82, 2.24) is 4.98 Å². The highest BCUT2D eigenvalue weighted by molar-refractivity contribution is 7.18. The van der Waals surface area contributed by atoms with Crippen LogP contribution in [0, 0.1) is 11.3 Å². The van der Waals surface area contributed by atoms with Gasteiger partial charge >= 0.3 is 0 Å². The lowest BCUT2D eigenvalue weighted by Crippen LogP contribution is -2.34. The maximum absolute atomic E-state index is 10.9. The number of fused-ring (bicyclic) bond motifs is 1. The first kappa shape index (κ1) is 13.1. The number of nitrogens with zero attached hydrogens (tertiary/aromatic N) is 1. The molecule has 0 spiro atoms. The monoisotopic (exact) mass is 275 g/mol. The van der Waals surface area contributed by atoms with Gasteiger partial charge in [0.05, 0.1) is 20.8 Å². The van der Waals surface area contributed by atoms with Crippen LogP contribution in [-0.2, 0) is 6.42 Å². The van der Waals surface area contributed by atoms with Crippen molar-refractivity contribution in [3.63, 3.8) is 0 Å². The Labute approximate surface area is 118 Å². The van der Waals surface area contributed by atoms with E-state index in [2.05, 4.69) is 31.8 Å². The van der Waals surface area contributed by atoms with Crippen molar-refractivity contribution in [2.45, 2.75) is 45.6 Å². The van der Waals surface area contributed by atoms with E-state index in [1.807, 2.05) is 18.2 Å². The number of aromatic nitrogens is 1. The molecule has 1 aliphatic rings. The van der Waals surface area contributed by atoms with Crippen LogP contribution in [-0.4, -0.2) is 15.7 Å². The third-order valence-corrected chi connectivity index (χ3v) is 5.39. The standard InChI is InChI=1S/C16H21NOS/c1-11-8-15(2,3)10-16(11,18)9-14-17-12-6-4-5-7-13(12)19-14/h4-7,11,18H,8-10H2,1-3H3. The average molecular weight is 275 g/mol. The van der Waals surface area contributed by atoms with E-state index in [0.717, 1.165) is 23.4 Å². The summed E-state index contributed by atoms with van der Waals surface area (Å²) in [5, 5.41) is 12.0. The molecule has 1 fully saturated rings. The fourth-order valence-electron chi connectivity index (χ4n) is 3.59. The summed E-state index contributed by atoms with van der Waals surface area (Å²) in [5.74, 6) is 0.342. The second-order valence-electron chi connectivity index (χ2n) is 6.80. The van der Waals surface area contributed by atoms with Gasteiger partial charge in [0.25, 0.3) is 0 Å². The lowest BCUT2D eigenvalue weighted by Gasteiger charge is -2.27. The van der Waals surface area contributed by atoms with Crippen molar-refractivity contribution >= 4 is 21.6 Å². The largest absolute Gasteiger partial charge is 0.389 e. The van der Waals surface area contributed by atoms with Crippen molar-refractivity contribution in [2.24, 2.45) is 11.3 Å². The molecule has 1 aromatic carbocycles. The lowest BCUT2D eigenvalue weighted by molar-refractivity contribution is 0.00446. The molecule has 0 bridgehead atoms. The number of benzene rings is 1. The van der Waals surface area contributed by atoms with E-state index in [1.54, 1.807) is 11.3 Å². The van der Waals surface area contributed by atoms with Crippen LogP contribution < -0.4 is 0 Å². The zero-order valence-corrected chi connectivity index (χ0v) is 12.6. The number of rotatable bonds is 2. The first-order valence-corrected chi connectivity index (χ1v) is 7.76. The van der Waals surface area contributed by atoms with Crippen LogP contribution in [0.2, 0.25) is 0 Å². The first-order chi connectivity index (χ1) is 8.88. The lowest BCUT2D eigenvalue weighted by atomic mass is 9.87. The molecule has 0 radical (unpaired) electrons. The van der Waals surface area contributed by atoms with E-state index in [4.69, 9.17) is 0 Å². The van der Waals surface area contributed by atoms with Crippen LogP contribution in [0.5, 0.6) is 0 Å². The molecule has 102 valence electrons. The fourth-order valence-corrected chi connectivity index (χ4v) is 4.67. The molecule has 1 saturated carbocycles. The van der Waals surface area contributed by atoms with Gasteiger partial charge in [0.15, 0.2) is 0 Å². The van der Waals surface area contributed by atoms with E-state index >= 15 is 0 Å². The van der Waals surface area contributed by atoms with Gasteiger partial charge in [-0.25, -0.2) is 4.98 Å². The summed E-state index contributed by atoms with van der Waals surface area (Å²) in [6.45, 7) is 6.67. The Morgan fingerprint density at radius 2 is 2.11 bits per heavy atom. The molecule has 2 nitrogen and oxygen atoms in total. The molecule has 3 heteroatoms. The van der Waals surface area contributed by atoms with Crippen molar-refractivity contribution in [3.05, 3.63) is 29.3 Å². The van der Waals surface area contributed by atoms with Crippen molar-refractivity contribution in [1.29, 1.82) is 0 Å². The van der Waals surface area contributed by atoms with Crippen LogP contribution in [0.1, 0.15) is 38.6 Å². The highest BCUT2D eigenvalue weighted by Crippen LogP contribution is 2.49. The Bertz CT molecular complexity index is 571. The van der Waals surface area contributed by atoms with Crippen molar-refractivity contribution < 1.29 is 5.11 Å². The molecule has 1 heterocycles. The van der Waals surface area contributed by atoms with E-state index in [9.17, 15) is 5.11 Å². The number of hydrogen-bond acceptors (Lipinski definition) is 3. The molecule has 3 rings (SSSR count). The number of hydrogen-bond donors (Lipinski definition) is 1. The van der Waals surface area contributed by atoms with Crippen LogP contribution in [0.15, 0.2) is 24.3 Å². The molecule has 0 aliphatic heterocycles. The van der Waals surface area contributed by atoms with Crippen LogP contribution in [0.3, 0.4) is 0 Å². The maximum Gasteiger partial charge on any atom is 0.0967 e. The van der Waals surface area contributed by atoms with Crippen LogP contribution >= 0.6 is 11.3 Å². The predicted octanol–water partition coefficient (Wildman–Crippen LogP) is 4.03. The molecule has 19 heavy (non-hydrogen) atoms. The summed E-state index contributed by atoms with van der Waals surface area (Å²) in [6, 6.07) is 8.20. The van der Waals surface area contributed by atoms with Gasteiger partial charge in [0, 0.05) is 6.42 Å². The summed E-state index contributed by atoms with van der Waals surface area (Å²) < 4.78 is 1.21. The molecular formula is C16H21NOS. The fraction of sp³-hybridized carbons (Fsp3) is 0.562. The van der Waals surface area contributed by atoms with Crippen molar-refractivity contribution in [2.75, 3.05) is 0 Å². The molecule has 0 amide bonds. The first-order valence-electron chi connectivity index (χ1n) is 6.95. The van der Waals surface area contributed by atoms with E-state index in [0.29, 0.717) is 12.3 Å². The van der Waals surface area contributed by atoms with Crippen LogP contribution in [0.4, 0.5) is 0 Å². The molecular weight excluding hydrogens is 254 g/mol. The zero-order chi connectivity index (χ0) is 13.7. The highest BCUT2D eigenvalue weighted by Gasteiger charge is 2.47. The smallest absolute Gasteiger partial charge is 0.0967 e. The quantitative estimate of drug-likeness (QED) is 0.897. The molecule has 1 aliphatic carbocycles. The Morgan fingerprint density at radius 3 is 2.74 bits per heavy atom. The van der Waals surface area contributed by atoms with Gasteiger partial charge < -0.3 is 5.11 Å². The molecule has 2 aromatic rings. The summed E-state index contributed by atoms with van der Waals surface area (Å²) >= 11 is 1.71. The third kappa shape index (κ3) is 2.41. The molecule has 1 N–H and O–H groups in total. The molecule has 0 saturated heterocycles. The normalized spacial score (nSPS) is 30.0. The van der Waals surface area contributed by atoms with Gasteiger partial charge in [-0.3, -0.25) is 0 Å². The van der Waals surface area contributed by atoms with Gasteiger partial charge in [-0.05, 0) is 36.3 Å². The Morgan fingerprint density at radius 1 is 1.37 bits per heavy atom. The molecule has 2 atom stereocenters. The second kappa shape index (κ2) is 4.29. The van der Waals surface area contributed by atoms with Gasteiger partial charge in [0.2, 0.25) is 0 Å². The molecule has 1 aromatic heterocycles. The minimum Gasteiger partial charge on any atom is -0.389 e. The van der Waals surface area contributed by atoms with Gasteiger partial charge in [-0.15, -0.1) is 11.3 Å². The van der Waals surface area contributed by atoms with E-state index < -0.39 is 5.60 Å². The average Bonchev–Trinajstić information content (AvgIpc) is 2.76. The van der Waals surface area contributed by atoms with Crippen LogP contribution in [0.25, 0.3) is 10.2 Å². The van der Waals surface area contributed by atoms with Gasteiger partial charge in [-0.2, -0.15) is 0 Å². The highest BCUT2D eigenvalue weighted by atomic mass is 32.1. The number of para-hydroxylation sites is 1. The summed E-state index contributed by atoms with van der Waals surface area (Å²) in [7, 11) is 0. The predicted molar refractivity (Wildman–Crippen MR) is 80.5 cm³/mol. The topological polar surface area (TPSA) is 33.1 Å². The Balaban J connectivity index is 1.88. The van der Waals surface area contributed by atoms with E-state index in [1.165, 1.54) is 4.70 Å². The SMILES string of the molecule is CC1CC(C)(C)CC1(O)Cc1nc2ccccc2s1. The van der Waals surface area contributed by atoms with E-state index in [-0.39, 0.29) is 5.41 Å². The summed E-state index contributed by atoms with van der Waals surface area (Å²) in [6.07, 6.45) is 2.66. The second-order valence-corrected chi connectivity index (χ2v) is 7.92. The minimum atomic E-state index is -0.586. The summed E-state index contributed by atoms with van der Waals surface area (Å²) in [5.41, 5.74) is 0.707. The molecule has 2 unspecified atom stereocenters. The number of aliphatic hydroxyl groups is 1. The maximum atomic E-state index is 10.9. The Hall–Kier alpha value is -0.930. The van der Waals surface area contributed by atoms with Gasteiger partial charge in [0.1, 0.15) is 0 Å². The zero-order valence-electron chi connectivity index (χ0n) is 11.8.